The molecular formula is C12H18N2. The number of benzene rings is 1. The van der Waals surface area contributed by atoms with Gasteiger partial charge in [0.1, 0.15) is 0 Å². The van der Waals surface area contributed by atoms with E-state index in [1.807, 2.05) is 0 Å². The van der Waals surface area contributed by atoms with Crippen molar-refractivity contribution in [1.29, 1.82) is 0 Å². The zero-order chi connectivity index (χ0) is 9.80. The molecule has 0 saturated heterocycles. The predicted molar refractivity (Wildman–Crippen MR) is 60.5 cm³/mol. The van der Waals surface area contributed by atoms with Gasteiger partial charge in [0.2, 0.25) is 0 Å². The standard InChI is InChI=1S/C12H18N2/c1-14-9-5-4-8-13-12-7-3-2-6-11(12)10-14/h2-3,6-7,13H,4-5,8-10H2,1H3. The molecule has 0 bridgehead atoms. The smallest absolute Gasteiger partial charge is 0.0385 e. The van der Waals surface area contributed by atoms with Gasteiger partial charge in [-0.05, 0) is 38.1 Å². The van der Waals surface area contributed by atoms with E-state index < -0.39 is 0 Å². The molecule has 76 valence electrons. The highest BCUT2D eigenvalue weighted by molar-refractivity contribution is 5.51. The Bertz CT molecular complexity index is 296. The molecule has 1 heterocycles. The Kier molecular flexibility index (Phi) is 3.04. The van der Waals surface area contributed by atoms with Crippen LogP contribution in [0.15, 0.2) is 24.3 Å². The molecule has 1 aromatic carbocycles. The van der Waals surface area contributed by atoms with Gasteiger partial charge in [-0.1, -0.05) is 18.2 Å². The SMILES string of the molecule is CN1CCCCNc2ccccc2C1. The average molecular weight is 190 g/mol. The van der Waals surface area contributed by atoms with E-state index in [1.54, 1.807) is 0 Å². The highest BCUT2D eigenvalue weighted by Crippen LogP contribution is 2.18. The van der Waals surface area contributed by atoms with Gasteiger partial charge >= 0.3 is 0 Å². The number of nitrogens with zero attached hydrogens (tertiary/aromatic N) is 1. The number of rotatable bonds is 0. The minimum Gasteiger partial charge on any atom is -0.385 e. The predicted octanol–water partition coefficient (Wildman–Crippen LogP) is 2.32. The van der Waals surface area contributed by atoms with E-state index in [0.29, 0.717) is 0 Å². The van der Waals surface area contributed by atoms with Gasteiger partial charge in [-0.15, -0.1) is 0 Å². The van der Waals surface area contributed by atoms with Gasteiger partial charge in [-0.25, -0.2) is 0 Å². The lowest BCUT2D eigenvalue weighted by Crippen LogP contribution is -2.18. The van der Waals surface area contributed by atoms with Crippen LogP contribution >= 0.6 is 0 Å². The molecule has 0 amide bonds. The highest BCUT2D eigenvalue weighted by Gasteiger charge is 2.07. The fourth-order valence-electron chi connectivity index (χ4n) is 1.93. The van der Waals surface area contributed by atoms with E-state index in [-0.39, 0.29) is 0 Å². The molecule has 0 fully saturated rings. The highest BCUT2D eigenvalue weighted by atomic mass is 15.1. The van der Waals surface area contributed by atoms with Crippen molar-refractivity contribution in [2.24, 2.45) is 0 Å². The van der Waals surface area contributed by atoms with Gasteiger partial charge < -0.3 is 10.2 Å². The topological polar surface area (TPSA) is 15.3 Å². The summed E-state index contributed by atoms with van der Waals surface area (Å²) in [5.41, 5.74) is 2.72. The molecule has 0 spiro atoms. The van der Waals surface area contributed by atoms with Crippen LogP contribution in [-0.4, -0.2) is 25.0 Å². The Morgan fingerprint density at radius 2 is 2.07 bits per heavy atom. The second kappa shape index (κ2) is 4.47. The van der Waals surface area contributed by atoms with E-state index in [4.69, 9.17) is 0 Å². The van der Waals surface area contributed by atoms with Crippen LogP contribution in [0.5, 0.6) is 0 Å². The Balaban J connectivity index is 2.21. The summed E-state index contributed by atoms with van der Waals surface area (Å²) in [6.07, 6.45) is 2.55. The van der Waals surface area contributed by atoms with Crippen LogP contribution in [0.25, 0.3) is 0 Å². The molecule has 1 aliphatic heterocycles. The van der Waals surface area contributed by atoms with Crippen LogP contribution in [0.4, 0.5) is 5.69 Å². The lowest BCUT2D eigenvalue weighted by molar-refractivity contribution is 0.322. The van der Waals surface area contributed by atoms with Gasteiger partial charge in [0, 0.05) is 18.8 Å². The molecule has 2 nitrogen and oxygen atoms in total. The summed E-state index contributed by atoms with van der Waals surface area (Å²) < 4.78 is 0. The van der Waals surface area contributed by atoms with Gasteiger partial charge in [-0.2, -0.15) is 0 Å². The maximum absolute atomic E-state index is 3.50. The first-order chi connectivity index (χ1) is 6.86. The quantitative estimate of drug-likeness (QED) is 0.675. The monoisotopic (exact) mass is 190 g/mol. The summed E-state index contributed by atoms with van der Waals surface area (Å²) >= 11 is 0. The van der Waals surface area contributed by atoms with E-state index in [9.17, 15) is 0 Å². The van der Waals surface area contributed by atoms with Crippen LogP contribution < -0.4 is 5.32 Å². The number of para-hydroxylation sites is 1. The molecule has 0 aromatic heterocycles. The number of hydrogen-bond acceptors (Lipinski definition) is 2. The molecule has 14 heavy (non-hydrogen) atoms. The summed E-state index contributed by atoms with van der Waals surface area (Å²) in [4.78, 5) is 2.39. The molecule has 0 radical (unpaired) electrons. The van der Waals surface area contributed by atoms with Gasteiger partial charge in [0.15, 0.2) is 0 Å². The minimum atomic E-state index is 1.06. The van der Waals surface area contributed by atoms with Gasteiger partial charge in [-0.3, -0.25) is 0 Å². The molecule has 2 rings (SSSR count). The third-order valence-corrected chi connectivity index (χ3v) is 2.74. The fraction of sp³-hybridized carbons (Fsp3) is 0.500. The summed E-state index contributed by atoms with van der Waals surface area (Å²) in [7, 11) is 2.20. The van der Waals surface area contributed by atoms with Crippen LogP contribution in [0.1, 0.15) is 18.4 Å². The Morgan fingerprint density at radius 1 is 1.21 bits per heavy atom. The maximum Gasteiger partial charge on any atom is 0.0385 e. The lowest BCUT2D eigenvalue weighted by atomic mass is 10.1. The molecule has 0 atom stereocenters. The molecule has 1 aromatic rings. The lowest BCUT2D eigenvalue weighted by Gasteiger charge is -2.16. The maximum atomic E-state index is 3.50. The Morgan fingerprint density at radius 3 is 3.00 bits per heavy atom. The summed E-state index contributed by atoms with van der Waals surface area (Å²) in [5.74, 6) is 0. The van der Waals surface area contributed by atoms with Crippen molar-refractivity contribution in [2.45, 2.75) is 19.4 Å². The van der Waals surface area contributed by atoms with Crippen molar-refractivity contribution in [3.05, 3.63) is 29.8 Å². The summed E-state index contributed by atoms with van der Waals surface area (Å²) in [5, 5.41) is 3.50. The molecule has 1 N–H and O–H groups in total. The summed E-state index contributed by atoms with van der Waals surface area (Å²) in [6.45, 7) is 3.37. The first-order valence-electron chi connectivity index (χ1n) is 5.36. The van der Waals surface area contributed by atoms with E-state index in [0.717, 1.165) is 13.1 Å². The van der Waals surface area contributed by atoms with Crippen LogP contribution in [0.2, 0.25) is 0 Å². The van der Waals surface area contributed by atoms with Crippen molar-refractivity contribution in [3.8, 4) is 0 Å². The second-order valence-corrected chi connectivity index (χ2v) is 4.03. The second-order valence-electron chi connectivity index (χ2n) is 4.03. The van der Waals surface area contributed by atoms with Crippen molar-refractivity contribution in [3.63, 3.8) is 0 Å². The number of nitrogens with one attached hydrogen (secondary N) is 1. The van der Waals surface area contributed by atoms with Crippen LogP contribution in [0.3, 0.4) is 0 Å². The van der Waals surface area contributed by atoms with Gasteiger partial charge in [0.25, 0.3) is 0 Å². The molecule has 2 heteroatoms. The van der Waals surface area contributed by atoms with Crippen molar-refractivity contribution in [1.82, 2.24) is 4.90 Å². The normalized spacial score (nSPS) is 18.6. The third kappa shape index (κ3) is 2.26. The minimum absolute atomic E-state index is 1.06. The number of anilines is 1. The largest absolute Gasteiger partial charge is 0.385 e. The van der Waals surface area contributed by atoms with Gasteiger partial charge in [0.05, 0.1) is 0 Å². The molecular weight excluding hydrogens is 172 g/mol. The molecule has 0 aliphatic carbocycles. The number of fused-ring (bicyclic) bond motifs is 1. The van der Waals surface area contributed by atoms with E-state index >= 15 is 0 Å². The van der Waals surface area contributed by atoms with Crippen LogP contribution in [-0.2, 0) is 6.54 Å². The molecule has 0 unspecified atom stereocenters. The first-order valence-corrected chi connectivity index (χ1v) is 5.36. The fourth-order valence-corrected chi connectivity index (χ4v) is 1.93. The zero-order valence-electron chi connectivity index (χ0n) is 8.79. The van der Waals surface area contributed by atoms with Crippen molar-refractivity contribution in [2.75, 3.05) is 25.5 Å². The average Bonchev–Trinajstić information content (AvgIpc) is 2.27. The Labute approximate surface area is 85.9 Å². The number of hydrogen-bond donors (Lipinski definition) is 1. The molecule has 1 aliphatic rings. The third-order valence-electron chi connectivity index (χ3n) is 2.74. The van der Waals surface area contributed by atoms with Crippen molar-refractivity contribution >= 4 is 5.69 Å². The zero-order valence-corrected chi connectivity index (χ0v) is 8.79. The first kappa shape index (κ1) is 9.53. The summed E-state index contributed by atoms with van der Waals surface area (Å²) in [6, 6.07) is 8.61. The van der Waals surface area contributed by atoms with Crippen molar-refractivity contribution < 1.29 is 0 Å². The van der Waals surface area contributed by atoms with E-state index in [1.165, 1.54) is 30.6 Å². The van der Waals surface area contributed by atoms with Crippen LogP contribution in [0, 0.1) is 0 Å². The van der Waals surface area contributed by atoms with E-state index in [2.05, 4.69) is 41.5 Å². The molecule has 0 saturated carbocycles. The Hall–Kier alpha value is -1.02.